The van der Waals surface area contributed by atoms with E-state index < -0.39 is 68.0 Å². The lowest BCUT2D eigenvalue weighted by molar-refractivity contribution is -0.215. The SMILES string of the molecule is C=C1OC(C(F)(F)F)c2cc(CS(=O)(=O)Cc3c(F)c(F)c(C)c(F)c3F)ccc2N1CCC. The van der Waals surface area contributed by atoms with Gasteiger partial charge in [-0.1, -0.05) is 13.0 Å². The van der Waals surface area contributed by atoms with Crippen LogP contribution in [-0.2, 0) is 26.1 Å². The Hall–Kier alpha value is -2.76. The minimum atomic E-state index is -4.84. The van der Waals surface area contributed by atoms with Crippen LogP contribution in [0, 0.1) is 30.2 Å². The standard InChI is InChI=1S/C22H20F7NO3S/c1-4-7-30-12(3)33-21(22(27,28)29)14-8-13(5-6-16(14)30)9-34(31,32)10-15-19(25)17(23)11(2)18(24)20(15)26/h5-6,8,21H,3-4,7,9-10H2,1-2H3. The van der Waals surface area contributed by atoms with Crippen molar-refractivity contribution in [2.45, 2.75) is 44.1 Å². The van der Waals surface area contributed by atoms with E-state index in [1.807, 2.05) is 0 Å². The summed E-state index contributed by atoms with van der Waals surface area (Å²) in [7, 11) is -4.46. The van der Waals surface area contributed by atoms with E-state index >= 15 is 0 Å². The predicted molar refractivity (Wildman–Crippen MR) is 110 cm³/mol. The molecule has 1 heterocycles. The molecule has 3 rings (SSSR count). The number of anilines is 1. The molecule has 0 saturated carbocycles. The number of fused-ring (bicyclic) bond motifs is 1. The molecule has 0 saturated heterocycles. The average molecular weight is 511 g/mol. The van der Waals surface area contributed by atoms with E-state index in [0.29, 0.717) is 6.42 Å². The maximum Gasteiger partial charge on any atom is 0.429 e. The maximum absolute atomic E-state index is 14.1. The zero-order chi connectivity index (χ0) is 25.6. The Labute approximate surface area is 191 Å². The van der Waals surface area contributed by atoms with E-state index in [-0.39, 0.29) is 29.2 Å². The maximum atomic E-state index is 14.1. The quantitative estimate of drug-likeness (QED) is 0.353. The van der Waals surface area contributed by atoms with Crippen LogP contribution < -0.4 is 4.90 Å². The number of benzene rings is 2. The first kappa shape index (κ1) is 25.9. The van der Waals surface area contributed by atoms with Crippen molar-refractivity contribution in [2.75, 3.05) is 11.4 Å². The van der Waals surface area contributed by atoms with Gasteiger partial charge in [0.2, 0.25) is 6.10 Å². The lowest BCUT2D eigenvalue weighted by Gasteiger charge is -2.38. The van der Waals surface area contributed by atoms with Crippen LogP contribution in [0.15, 0.2) is 30.7 Å². The number of alkyl halides is 3. The Morgan fingerprint density at radius 1 is 1.03 bits per heavy atom. The third-order valence-electron chi connectivity index (χ3n) is 5.29. The van der Waals surface area contributed by atoms with Crippen molar-refractivity contribution in [3.63, 3.8) is 0 Å². The predicted octanol–water partition coefficient (Wildman–Crippen LogP) is 5.99. The van der Waals surface area contributed by atoms with Crippen molar-refractivity contribution in [2.24, 2.45) is 0 Å². The molecule has 2 aromatic rings. The highest BCUT2D eigenvalue weighted by atomic mass is 32.2. The van der Waals surface area contributed by atoms with Gasteiger partial charge in [-0.25, -0.2) is 26.0 Å². The average Bonchev–Trinajstić information content (AvgIpc) is 2.74. The van der Waals surface area contributed by atoms with Gasteiger partial charge in [-0.2, -0.15) is 13.2 Å². The van der Waals surface area contributed by atoms with Crippen molar-refractivity contribution in [1.29, 1.82) is 0 Å². The van der Waals surface area contributed by atoms with Gasteiger partial charge in [0.05, 0.1) is 17.2 Å². The number of ether oxygens (including phenoxy) is 1. The fraction of sp³-hybridized carbons (Fsp3) is 0.364. The second kappa shape index (κ2) is 9.12. The largest absolute Gasteiger partial charge is 0.461 e. The molecular weight excluding hydrogens is 491 g/mol. The highest BCUT2D eigenvalue weighted by Gasteiger charge is 2.47. The third kappa shape index (κ3) is 4.86. The smallest absolute Gasteiger partial charge is 0.429 e. The molecule has 0 fully saturated rings. The summed E-state index contributed by atoms with van der Waals surface area (Å²) >= 11 is 0. The summed E-state index contributed by atoms with van der Waals surface area (Å²) in [5.41, 5.74) is -2.62. The van der Waals surface area contributed by atoms with Gasteiger partial charge in [-0.15, -0.1) is 0 Å². The normalized spacial score (nSPS) is 16.4. The minimum absolute atomic E-state index is 0.126. The third-order valence-corrected chi connectivity index (χ3v) is 6.79. The highest BCUT2D eigenvalue weighted by molar-refractivity contribution is 7.89. The van der Waals surface area contributed by atoms with Crippen LogP contribution in [0.5, 0.6) is 0 Å². The van der Waals surface area contributed by atoms with Gasteiger partial charge in [0.15, 0.2) is 39.0 Å². The fourth-order valence-electron chi connectivity index (χ4n) is 3.70. The molecule has 0 amide bonds. The Morgan fingerprint density at radius 3 is 2.15 bits per heavy atom. The summed E-state index contributed by atoms with van der Waals surface area (Å²) in [6, 6.07) is 3.49. The summed E-state index contributed by atoms with van der Waals surface area (Å²) in [4.78, 5) is 1.42. The van der Waals surface area contributed by atoms with Crippen molar-refractivity contribution < 1.29 is 43.9 Å². The van der Waals surface area contributed by atoms with Gasteiger partial charge in [-0.05, 0) is 37.6 Å². The number of hydrogen-bond donors (Lipinski definition) is 0. The van der Waals surface area contributed by atoms with Crippen molar-refractivity contribution in [3.05, 3.63) is 76.2 Å². The lowest BCUT2D eigenvalue weighted by atomic mass is 10.0. The zero-order valence-corrected chi connectivity index (χ0v) is 18.9. The minimum Gasteiger partial charge on any atom is -0.461 e. The molecule has 1 unspecified atom stereocenters. The Bertz CT molecular complexity index is 1210. The van der Waals surface area contributed by atoms with Gasteiger partial charge in [0.25, 0.3) is 0 Å². The van der Waals surface area contributed by atoms with Crippen LogP contribution in [0.3, 0.4) is 0 Å². The van der Waals surface area contributed by atoms with Crippen LogP contribution in [0.25, 0.3) is 0 Å². The summed E-state index contributed by atoms with van der Waals surface area (Å²) in [6.07, 6.45) is -6.69. The zero-order valence-electron chi connectivity index (χ0n) is 18.1. The molecule has 0 aliphatic carbocycles. The van der Waals surface area contributed by atoms with Crippen LogP contribution in [0.1, 0.15) is 41.7 Å². The second-order valence-electron chi connectivity index (χ2n) is 7.87. The van der Waals surface area contributed by atoms with E-state index in [9.17, 15) is 39.2 Å². The lowest BCUT2D eigenvalue weighted by Crippen LogP contribution is -2.36. The summed E-state index contributed by atoms with van der Waals surface area (Å²) in [5, 5.41) is 0. The fourth-order valence-corrected chi connectivity index (χ4v) is 5.18. The van der Waals surface area contributed by atoms with Crippen LogP contribution >= 0.6 is 0 Å². The first-order chi connectivity index (χ1) is 15.7. The molecule has 186 valence electrons. The van der Waals surface area contributed by atoms with Gasteiger partial charge >= 0.3 is 6.18 Å². The van der Waals surface area contributed by atoms with E-state index in [0.717, 1.165) is 13.0 Å². The van der Waals surface area contributed by atoms with Gasteiger partial charge in [0, 0.05) is 23.2 Å². The van der Waals surface area contributed by atoms with Crippen LogP contribution in [-0.4, -0.2) is 21.1 Å². The topological polar surface area (TPSA) is 46.6 Å². The molecule has 0 spiro atoms. The molecule has 34 heavy (non-hydrogen) atoms. The van der Waals surface area contributed by atoms with Crippen molar-refractivity contribution in [3.8, 4) is 0 Å². The highest BCUT2D eigenvalue weighted by Crippen LogP contribution is 2.46. The molecule has 12 heteroatoms. The Kier molecular flexibility index (Phi) is 6.94. The molecule has 4 nitrogen and oxygen atoms in total. The van der Waals surface area contributed by atoms with Gasteiger partial charge in [0.1, 0.15) is 0 Å². The summed E-state index contributed by atoms with van der Waals surface area (Å²) < 4.78 is 127. The van der Waals surface area contributed by atoms with E-state index in [2.05, 4.69) is 6.58 Å². The molecule has 0 aromatic heterocycles. The first-order valence-electron chi connectivity index (χ1n) is 10.0. The molecule has 1 atom stereocenters. The molecule has 1 aliphatic rings. The molecule has 0 radical (unpaired) electrons. The van der Waals surface area contributed by atoms with Crippen LogP contribution in [0.4, 0.5) is 36.4 Å². The molecule has 0 bridgehead atoms. The summed E-state index contributed by atoms with van der Waals surface area (Å²) in [6.45, 7) is 6.39. The van der Waals surface area contributed by atoms with Gasteiger partial charge < -0.3 is 9.64 Å². The molecule has 2 aromatic carbocycles. The number of nitrogens with zero attached hydrogens (tertiary/aromatic N) is 1. The second-order valence-corrected chi connectivity index (χ2v) is 9.93. The van der Waals surface area contributed by atoms with E-state index in [1.54, 1.807) is 6.92 Å². The van der Waals surface area contributed by atoms with E-state index in [4.69, 9.17) is 4.74 Å². The number of sulfone groups is 1. The van der Waals surface area contributed by atoms with Gasteiger partial charge in [-0.3, -0.25) is 0 Å². The van der Waals surface area contributed by atoms with Crippen LogP contribution in [0.2, 0.25) is 0 Å². The number of halogens is 7. The molecular formula is C22H20F7NO3S. The number of hydrogen-bond acceptors (Lipinski definition) is 4. The van der Waals surface area contributed by atoms with E-state index in [1.165, 1.54) is 17.0 Å². The monoisotopic (exact) mass is 511 g/mol. The molecule has 0 N–H and O–H groups in total. The summed E-state index contributed by atoms with van der Waals surface area (Å²) in [5.74, 6) is -9.68. The van der Waals surface area contributed by atoms with Crippen molar-refractivity contribution in [1.82, 2.24) is 0 Å². The number of rotatable bonds is 6. The molecule has 1 aliphatic heterocycles. The first-order valence-corrected chi connectivity index (χ1v) is 11.8. The Balaban J connectivity index is 1.99. The Morgan fingerprint density at radius 2 is 1.62 bits per heavy atom. The van der Waals surface area contributed by atoms with Crippen molar-refractivity contribution >= 4 is 15.5 Å².